The van der Waals surface area contributed by atoms with Crippen LogP contribution < -0.4 is 5.32 Å². The van der Waals surface area contributed by atoms with Crippen molar-refractivity contribution in [2.75, 3.05) is 26.2 Å². The second-order valence-corrected chi connectivity index (χ2v) is 6.25. The maximum Gasteiger partial charge on any atom is 0.244 e. The van der Waals surface area contributed by atoms with E-state index >= 15 is 0 Å². The second-order valence-electron chi connectivity index (χ2n) is 6.25. The molecule has 0 amide bonds. The maximum atomic E-state index is 5.52. The van der Waals surface area contributed by atoms with Gasteiger partial charge < -0.3 is 9.84 Å². The van der Waals surface area contributed by atoms with Crippen LogP contribution in [0, 0.1) is 13.8 Å². The molecule has 1 aliphatic rings. The van der Waals surface area contributed by atoms with Gasteiger partial charge >= 0.3 is 0 Å². The Morgan fingerprint density at radius 3 is 2.79 bits per heavy atom. The molecule has 1 saturated heterocycles. The van der Waals surface area contributed by atoms with E-state index in [9.17, 15) is 0 Å². The molecule has 0 radical (unpaired) electrons. The number of aromatic nitrogens is 5. The Balaban J connectivity index is 1.67. The predicted octanol–water partition coefficient (Wildman–Crippen LogP) is 1.36. The highest BCUT2D eigenvalue weighted by Crippen LogP contribution is 2.25. The summed E-state index contributed by atoms with van der Waals surface area (Å²) in [4.78, 5) is 11.5. The fraction of sp³-hybridized carbons (Fsp3) is 0.500. The zero-order chi connectivity index (χ0) is 16.7. The van der Waals surface area contributed by atoms with Crippen LogP contribution in [0.4, 0.5) is 0 Å². The van der Waals surface area contributed by atoms with Crippen LogP contribution in [-0.4, -0.2) is 55.8 Å². The van der Waals surface area contributed by atoms with Crippen molar-refractivity contribution >= 4 is 5.65 Å². The highest BCUT2D eigenvalue weighted by Gasteiger charge is 2.24. The number of aryl methyl sites for hydroxylation is 2. The molecule has 1 atom stereocenters. The van der Waals surface area contributed by atoms with Gasteiger partial charge in [0.25, 0.3) is 0 Å². The Labute approximate surface area is 139 Å². The Kier molecular flexibility index (Phi) is 3.78. The molecule has 8 nitrogen and oxygen atoms in total. The molecule has 0 aliphatic carbocycles. The number of rotatable bonds is 3. The van der Waals surface area contributed by atoms with Gasteiger partial charge in [0, 0.05) is 37.6 Å². The summed E-state index contributed by atoms with van der Waals surface area (Å²) in [7, 11) is 0. The van der Waals surface area contributed by atoms with Crippen LogP contribution in [-0.2, 0) is 0 Å². The van der Waals surface area contributed by atoms with Crippen molar-refractivity contribution in [1.82, 2.24) is 35.0 Å². The predicted molar refractivity (Wildman–Crippen MR) is 88.6 cm³/mol. The van der Waals surface area contributed by atoms with Gasteiger partial charge in [-0.2, -0.15) is 10.1 Å². The van der Waals surface area contributed by atoms with E-state index in [1.54, 1.807) is 10.7 Å². The zero-order valence-electron chi connectivity index (χ0n) is 14.2. The lowest BCUT2D eigenvalue weighted by atomic mass is 10.2. The Morgan fingerprint density at radius 2 is 2.00 bits per heavy atom. The van der Waals surface area contributed by atoms with Crippen LogP contribution in [0.1, 0.15) is 30.2 Å². The average Bonchev–Trinajstić information content (AvgIpc) is 3.21. The van der Waals surface area contributed by atoms with Crippen LogP contribution in [0.25, 0.3) is 17.0 Å². The normalized spacial score (nSPS) is 17.5. The van der Waals surface area contributed by atoms with Gasteiger partial charge in [-0.15, -0.1) is 0 Å². The number of hydrogen-bond donors (Lipinski definition) is 1. The summed E-state index contributed by atoms with van der Waals surface area (Å²) in [6.07, 6.45) is 1.75. The molecule has 0 saturated carbocycles. The van der Waals surface area contributed by atoms with Gasteiger partial charge in [0.2, 0.25) is 11.7 Å². The zero-order valence-corrected chi connectivity index (χ0v) is 14.2. The van der Waals surface area contributed by atoms with Crippen molar-refractivity contribution in [3.63, 3.8) is 0 Å². The molecule has 0 aromatic carbocycles. The number of piperazine rings is 1. The summed E-state index contributed by atoms with van der Waals surface area (Å²) in [6, 6.07) is 2.10. The first-order chi connectivity index (χ1) is 11.6. The molecule has 24 heavy (non-hydrogen) atoms. The fourth-order valence-corrected chi connectivity index (χ4v) is 3.17. The highest BCUT2D eigenvalue weighted by atomic mass is 16.5. The standard InChI is InChI=1S/C16H21N7O/c1-10-8-11(2)23-15(19-10)13(9-18-23)14-20-16(24-21-14)12(3)22-6-4-17-5-7-22/h8-9,12,17H,4-7H2,1-3H3. The van der Waals surface area contributed by atoms with Crippen molar-refractivity contribution < 1.29 is 4.52 Å². The first kappa shape index (κ1) is 15.2. The number of nitrogens with one attached hydrogen (secondary N) is 1. The summed E-state index contributed by atoms with van der Waals surface area (Å²) in [5.41, 5.74) is 3.53. The lowest BCUT2D eigenvalue weighted by Gasteiger charge is -2.30. The number of hydrogen-bond acceptors (Lipinski definition) is 7. The highest BCUT2D eigenvalue weighted by molar-refractivity contribution is 5.72. The molecule has 3 aromatic heterocycles. The Bertz CT molecular complexity index is 863. The minimum Gasteiger partial charge on any atom is -0.337 e. The molecule has 126 valence electrons. The van der Waals surface area contributed by atoms with E-state index in [4.69, 9.17) is 4.52 Å². The molecule has 4 rings (SSSR count). The van der Waals surface area contributed by atoms with Gasteiger partial charge in [0.1, 0.15) is 0 Å². The minimum absolute atomic E-state index is 0.103. The van der Waals surface area contributed by atoms with Gasteiger partial charge in [-0.25, -0.2) is 9.50 Å². The molecule has 0 spiro atoms. The third-order valence-corrected chi connectivity index (χ3v) is 4.52. The van der Waals surface area contributed by atoms with Gasteiger partial charge in [0.15, 0.2) is 5.65 Å². The summed E-state index contributed by atoms with van der Waals surface area (Å²) in [6.45, 7) is 10.0. The monoisotopic (exact) mass is 327 g/mol. The molecule has 1 fully saturated rings. The number of nitrogens with zero attached hydrogens (tertiary/aromatic N) is 6. The van der Waals surface area contributed by atoms with Crippen LogP contribution in [0.2, 0.25) is 0 Å². The topological polar surface area (TPSA) is 84.4 Å². The first-order valence-corrected chi connectivity index (χ1v) is 8.24. The van der Waals surface area contributed by atoms with E-state index in [1.165, 1.54) is 0 Å². The van der Waals surface area contributed by atoms with Crippen LogP contribution in [0.15, 0.2) is 16.8 Å². The Hall–Kier alpha value is -2.32. The average molecular weight is 327 g/mol. The van der Waals surface area contributed by atoms with Gasteiger partial charge in [0.05, 0.1) is 17.8 Å². The molecule has 3 aromatic rings. The van der Waals surface area contributed by atoms with Gasteiger partial charge in [-0.3, -0.25) is 4.90 Å². The molecule has 1 unspecified atom stereocenters. The SMILES string of the molecule is Cc1cc(C)n2ncc(-c3noc(C(C)N4CCNCC4)n3)c2n1. The first-order valence-electron chi connectivity index (χ1n) is 8.24. The summed E-state index contributed by atoms with van der Waals surface area (Å²) in [5.74, 6) is 1.18. The van der Waals surface area contributed by atoms with Crippen molar-refractivity contribution in [3.05, 3.63) is 29.5 Å². The number of fused-ring (bicyclic) bond motifs is 1. The van der Waals surface area contributed by atoms with E-state index in [-0.39, 0.29) is 6.04 Å². The Morgan fingerprint density at radius 1 is 1.21 bits per heavy atom. The third-order valence-electron chi connectivity index (χ3n) is 4.52. The molecule has 1 N–H and O–H groups in total. The summed E-state index contributed by atoms with van der Waals surface area (Å²) < 4.78 is 7.33. The van der Waals surface area contributed by atoms with E-state index in [0.717, 1.165) is 48.8 Å². The van der Waals surface area contributed by atoms with Crippen molar-refractivity contribution in [3.8, 4) is 11.4 Å². The minimum atomic E-state index is 0.103. The lowest BCUT2D eigenvalue weighted by molar-refractivity contribution is 0.154. The van der Waals surface area contributed by atoms with E-state index < -0.39 is 0 Å². The molecule has 8 heteroatoms. The molecule has 4 heterocycles. The van der Waals surface area contributed by atoms with Gasteiger partial charge in [-0.05, 0) is 26.8 Å². The van der Waals surface area contributed by atoms with Crippen LogP contribution >= 0.6 is 0 Å². The fourth-order valence-electron chi connectivity index (χ4n) is 3.17. The molecular formula is C16H21N7O. The quantitative estimate of drug-likeness (QED) is 0.777. The van der Waals surface area contributed by atoms with Gasteiger partial charge in [-0.1, -0.05) is 5.16 Å². The van der Waals surface area contributed by atoms with Crippen LogP contribution in [0.3, 0.4) is 0 Å². The van der Waals surface area contributed by atoms with Crippen molar-refractivity contribution in [1.29, 1.82) is 0 Å². The largest absolute Gasteiger partial charge is 0.337 e. The van der Waals surface area contributed by atoms with Crippen molar-refractivity contribution in [2.45, 2.75) is 26.8 Å². The van der Waals surface area contributed by atoms with E-state index in [0.29, 0.717) is 11.7 Å². The summed E-state index contributed by atoms with van der Waals surface area (Å²) in [5, 5.41) is 11.9. The summed E-state index contributed by atoms with van der Waals surface area (Å²) >= 11 is 0. The van der Waals surface area contributed by atoms with Crippen molar-refractivity contribution in [2.24, 2.45) is 0 Å². The second kappa shape index (κ2) is 5.95. The third kappa shape index (κ3) is 2.57. The molecular weight excluding hydrogens is 306 g/mol. The smallest absolute Gasteiger partial charge is 0.244 e. The van der Waals surface area contributed by atoms with Crippen LogP contribution in [0.5, 0.6) is 0 Å². The molecule has 0 bridgehead atoms. The lowest BCUT2D eigenvalue weighted by Crippen LogP contribution is -2.44. The molecule has 1 aliphatic heterocycles. The maximum absolute atomic E-state index is 5.52. The van der Waals surface area contributed by atoms with E-state index in [1.807, 2.05) is 19.9 Å². The van der Waals surface area contributed by atoms with E-state index in [2.05, 4.69) is 37.4 Å².